The van der Waals surface area contributed by atoms with Crippen molar-refractivity contribution in [2.45, 2.75) is 17.4 Å². The minimum Gasteiger partial charge on any atom is -0.324 e. The maximum atomic E-state index is 13.6. The monoisotopic (exact) mass is 311 g/mol. The Balaban J connectivity index is 2.23. The molecular weight excluding hydrogens is 296 g/mol. The first-order chi connectivity index (χ1) is 9.79. The van der Waals surface area contributed by atoms with Gasteiger partial charge in [-0.2, -0.15) is 0 Å². The Morgan fingerprint density at radius 3 is 2.05 bits per heavy atom. The predicted octanol–water partition coefficient (Wildman–Crippen LogP) is 2.61. The maximum absolute atomic E-state index is 13.6. The first-order valence-corrected chi connectivity index (χ1v) is 8.16. The van der Waals surface area contributed by atoms with Crippen molar-refractivity contribution in [2.75, 3.05) is 6.26 Å². The lowest BCUT2D eigenvalue weighted by molar-refractivity contribution is 0.540. The van der Waals surface area contributed by atoms with Crippen LogP contribution in [0.2, 0.25) is 0 Å². The highest BCUT2D eigenvalue weighted by Crippen LogP contribution is 2.21. The van der Waals surface area contributed by atoms with Gasteiger partial charge in [-0.25, -0.2) is 17.2 Å². The van der Waals surface area contributed by atoms with E-state index in [1.807, 2.05) is 0 Å². The van der Waals surface area contributed by atoms with Gasteiger partial charge in [0.05, 0.1) is 4.90 Å². The molecule has 0 aliphatic heterocycles. The molecule has 0 saturated carbocycles. The molecule has 0 spiro atoms. The quantitative estimate of drug-likeness (QED) is 0.944. The Morgan fingerprint density at radius 2 is 1.57 bits per heavy atom. The molecule has 0 amide bonds. The highest BCUT2D eigenvalue weighted by atomic mass is 32.2. The van der Waals surface area contributed by atoms with E-state index in [-0.39, 0.29) is 16.9 Å². The fraction of sp³-hybridized carbons (Fsp3) is 0.200. The largest absolute Gasteiger partial charge is 0.324 e. The topological polar surface area (TPSA) is 60.2 Å². The van der Waals surface area contributed by atoms with Crippen LogP contribution >= 0.6 is 0 Å². The summed E-state index contributed by atoms with van der Waals surface area (Å²) in [6.45, 7) is 0. The highest BCUT2D eigenvalue weighted by Gasteiger charge is 2.15. The second kappa shape index (κ2) is 5.91. The molecule has 1 unspecified atom stereocenters. The molecule has 112 valence electrons. The Labute approximate surface area is 122 Å². The average molecular weight is 311 g/mol. The van der Waals surface area contributed by atoms with Crippen molar-refractivity contribution < 1.29 is 17.2 Å². The molecule has 0 bridgehead atoms. The molecule has 2 aromatic carbocycles. The molecular formula is C15H15F2NO2S. The summed E-state index contributed by atoms with van der Waals surface area (Å²) >= 11 is 0. The van der Waals surface area contributed by atoms with E-state index in [9.17, 15) is 17.2 Å². The minimum atomic E-state index is -3.28. The minimum absolute atomic E-state index is 0.00325. The number of hydrogen-bond donors (Lipinski definition) is 1. The van der Waals surface area contributed by atoms with Crippen molar-refractivity contribution in [3.8, 4) is 0 Å². The summed E-state index contributed by atoms with van der Waals surface area (Å²) in [5, 5.41) is 0. The van der Waals surface area contributed by atoms with Crippen molar-refractivity contribution in [1.82, 2.24) is 0 Å². The van der Waals surface area contributed by atoms with Gasteiger partial charge in [-0.1, -0.05) is 18.2 Å². The Kier molecular flexibility index (Phi) is 4.39. The Hall–Kier alpha value is -1.79. The fourth-order valence-electron chi connectivity index (χ4n) is 2.03. The summed E-state index contributed by atoms with van der Waals surface area (Å²) in [5.41, 5.74) is 6.48. The fourth-order valence-corrected chi connectivity index (χ4v) is 2.66. The van der Waals surface area contributed by atoms with Crippen LogP contribution in [0.5, 0.6) is 0 Å². The predicted molar refractivity (Wildman–Crippen MR) is 76.5 cm³/mol. The van der Waals surface area contributed by atoms with Crippen molar-refractivity contribution >= 4 is 9.84 Å². The molecule has 6 heteroatoms. The molecule has 0 heterocycles. The second-order valence-corrected chi connectivity index (χ2v) is 6.87. The number of rotatable bonds is 4. The molecule has 2 rings (SSSR count). The van der Waals surface area contributed by atoms with Gasteiger partial charge in [0.15, 0.2) is 9.84 Å². The van der Waals surface area contributed by atoms with Crippen LogP contribution in [0.25, 0.3) is 0 Å². The van der Waals surface area contributed by atoms with Crippen molar-refractivity contribution in [1.29, 1.82) is 0 Å². The van der Waals surface area contributed by atoms with Gasteiger partial charge in [-0.3, -0.25) is 0 Å². The van der Waals surface area contributed by atoms with Gasteiger partial charge in [0.25, 0.3) is 0 Å². The number of halogens is 2. The van der Waals surface area contributed by atoms with Crippen LogP contribution in [0.1, 0.15) is 17.2 Å². The third kappa shape index (κ3) is 3.65. The van der Waals surface area contributed by atoms with Crippen molar-refractivity contribution in [3.63, 3.8) is 0 Å². The molecule has 3 nitrogen and oxygen atoms in total. The van der Waals surface area contributed by atoms with Gasteiger partial charge < -0.3 is 5.73 Å². The van der Waals surface area contributed by atoms with Crippen molar-refractivity contribution in [2.24, 2.45) is 5.73 Å². The van der Waals surface area contributed by atoms with Gasteiger partial charge in [0.2, 0.25) is 0 Å². The van der Waals surface area contributed by atoms with Gasteiger partial charge in [-0.05, 0) is 36.2 Å². The highest BCUT2D eigenvalue weighted by molar-refractivity contribution is 7.90. The van der Waals surface area contributed by atoms with Crippen LogP contribution in [-0.2, 0) is 16.3 Å². The van der Waals surface area contributed by atoms with E-state index in [1.54, 1.807) is 12.1 Å². The van der Waals surface area contributed by atoms with Gasteiger partial charge >= 0.3 is 0 Å². The molecule has 0 saturated heterocycles. The summed E-state index contributed by atoms with van der Waals surface area (Å²) in [5.74, 6) is -1.28. The lowest BCUT2D eigenvalue weighted by Crippen LogP contribution is -2.15. The smallest absolute Gasteiger partial charge is 0.175 e. The third-order valence-corrected chi connectivity index (χ3v) is 4.35. The standard InChI is InChI=1S/C15H15F2NO2S/c1-21(19,20)11-7-5-10(6-8-11)15(18)9-12-13(16)3-2-4-14(12)17/h2-8,15H,9,18H2,1H3. The Morgan fingerprint density at radius 1 is 1.05 bits per heavy atom. The van der Waals surface area contributed by atoms with Crippen LogP contribution < -0.4 is 5.73 Å². The van der Waals surface area contributed by atoms with E-state index < -0.39 is 27.5 Å². The van der Waals surface area contributed by atoms with E-state index in [0.717, 1.165) is 6.26 Å². The van der Waals surface area contributed by atoms with E-state index in [0.29, 0.717) is 5.56 Å². The maximum Gasteiger partial charge on any atom is 0.175 e. The van der Waals surface area contributed by atoms with Crippen molar-refractivity contribution in [3.05, 3.63) is 65.2 Å². The van der Waals surface area contributed by atoms with Crippen LogP contribution in [0.3, 0.4) is 0 Å². The molecule has 0 radical (unpaired) electrons. The van der Waals surface area contributed by atoms with E-state index in [2.05, 4.69) is 0 Å². The van der Waals surface area contributed by atoms with Gasteiger partial charge in [0.1, 0.15) is 11.6 Å². The molecule has 0 aromatic heterocycles. The number of benzene rings is 2. The normalized spacial score (nSPS) is 13.1. The zero-order valence-corrected chi connectivity index (χ0v) is 12.2. The molecule has 0 aliphatic carbocycles. The number of nitrogens with two attached hydrogens (primary N) is 1. The molecule has 21 heavy (non-hydrogen) atoms. The van der Waals surface area contributed by atoms with E-state index >= 15 is 0 Å². The average Bonchev–Trinajstić information content (AvgIpc) is 2.42. The van der Waals surface area contributed by atoms with Gasteiger partial charge in [-0.15, -0.1) is 0 Å². The second-order valence-electron chi connectivity index (χ2n) is 4.85. The Bertz CT molecular complexity index is 723. The first-order valence-electron chi connectivity index (χ1n) is 6.27. The zero-order chi connectivity index (χ0) is 15.6. The van der Waals surface area contributed by atoms with Crippen LogP contribution in [-0.4, -0.2) is 14.7 Å². The summed E-state index contributed by atoms with van der Waals surface area (Å²) in [6, 6.07) is 9.01. The zero-order valence-electron chi connectivity index (χ0n) is 11.4. The first kappa shape index (κ1) is 15.6. The molecule has 0 fully saturated rings. The molecule has 1 atom stereocenters. The summed E-state index contributed by atoms with van der Waals surface area (Å²) < 4.78 is 49.9. The molecule has 2 N–H and O–H groups in total. The van der Waals surface area contributed by atoms with Crippen LogP contribution in [0.4, 0.5) is 8.78 Å². The number of sulfone groups is 1. The summed E-state index contributed by atoms with van der Waals surface area (Å²) in [7, 11) is -3.28. The van der Waals surface area contributed by atoms with Crippen LogP contribution in [0.15, 0.2) is 47.4 Å². The lowest BCUT2D eigenvalue weighted by Gasteiger charge is -2.13. The SMILES string of the molecule is CS(=O)(=O)c1ccc(C(N)Cc2c(F)cccc2F)cc1. The van der Waals surface area contributed by atoms with E-state index in [1.165, 1.54) is 30.3 Å². The summed E-state index contributed by atoms with van der Waals surface area (Å²) in [4.78, 5) is 0.176. The summed E-state index contributed by atoms with van der Waals surface area (Å²) in [6.07, 6.45) is 1.10. The van der Waals surface area contributed by atoms with Gasteiger partial charge in [0, 0.05) is 17.9 Å². The van der Waals surface area contributed by atoms with E-state index in [4.69, 9.17) is 5.73 Å². The molecule has 2 aromatic rings. The lowest BCUT2D eigenvalue weighted by atomic mass is 9.99. The third-order valence-electron chi connectivity index (χ3n) is 3.22. The number of hydrogen-bond acceptors (Lipinski definition) is 3. The molecule has 0 aliphatic rings. The van der Waals surface area contributed by atoms with Crippen LogP contribution in [0, 0.1) is 11.6 Å².